The normalized spacial score (nSPS) is 9.67. The van der Waals surface area contributed by atoms with Gasteiger partial charge in [-0.05, 0) is 48.7 Å². The Kier molecular flexibility index (Phi) is 4.94. The molecule has 0 bridgehead atoms. The largest absolute Gasteiger partial charge is 0.384 e. The van der Waals surface area contributed by atoms with Gasteiger partial charge in [0, 0.05) is 10.6 Å². The highest BCUT2D eigenvalue weighted by molar-refractivity contribution is 6.31. The van der Waals surface area contributed by atoms with E-state index in [0.29, 0.717) is 22.1 Å². The number of aromatic nitrogens is 1. The predicted octanol–water partition coefficient (Wildman–Crippen LogP) is 2.64. The summed E-state index contributed by atoms with van der Waals surface area (Å²) in [4.78, 5) is 16.3. The summed E-state index contributed by atoms with van der Waals surface area (Å²) in [6.45, 7) is 1.60. The number of amides is 1. The van der Waals surface area contributed by atoms with E-state index in [4.69, 9.17) is 16.7 Å². The van der Waals surface area contributed by atoms with Gasteiger partial charge >= 0.3 is 0 Å². The maximum absolute atomic E-state index is 12.1. The molecule has 0 aliphatic rings. The van der Waals surface area contributed by atoms with E-state index in [-0.39, 0.29) is 12.5 Å². The fourth-order valence-corrected chi connectivity index (χ4v) is 1.80. The number of halogens is 1. The lowest BCUT2D eigenvalue weighted by molar-refractivity contribution is 0.102. The molecule has 0 saturated heterocycles. The average Bonchev–Trinajstić information content (AvgIpc) is 2.48. The molecule has 0 radical (unpaired) electrons. The molecule has 0 aliphatic carbocycles. The van der Waals surface area contributed by atoms with Gasteiger partial charge in [0.15, 0.2) is 0 Å². The van der Waals surface area contributed by atoms with Gasteiger partial charge in [-0.1, -0.05) is 23.6 Å². The molecule has 106 valence electrons. The van der Waals surface area contributed by atoms with Crippen molar-refractivity contribution in [3.63, 3.8) is 0 Å². The fourth-order valence-electron chi connectivity index (χ4n) is 1.68. The van der Waals surface area contributed by atoms with E-state index in [0.717, 1.165) is 5.56 Å². The standard InChI is InChI=1S/C16H13ClN2O2/c1-11-10-12(7-8-14(11)17)16(21)19-15-6-2-4-13(18-15)5-3-9-20/h2,4,6-8,10,20H,9H2,1H3,(H,18,19,21). The predicted molar refractivity (Wildman–Crippen MR) is 82.3 cm³/mol. The van der Waals surface area contributed by atoms with E-state index in [2.05, 4.69) is 22.1 Å². The summed E-state index contributed by atoms with van der Waals surface area (Å²) in [5.41, 5.74) is 1.82. The molecule has 2 N–H and O–H groups in total. The lowest BCUT2D eigenvalue weighted by atomic mass is 10.1. The molecule has 4 nitrogen and oxygen atoms in total. The van der Waals surface area contributed by atoms with Gasteiger partial charge < -0.3 is 10.4 Å². The monoisotopic (exact) mass is 300 g/mol. The van der Waals surface area contributed by atoms with Gasteiger partial charge in [-0.15, -0.1) is 0 Å². The third-order valence-electron chi connectivity index (χ3n) is 2.71. The highest BCUT2D eigenvalue weighted by Crippen LogP contribution is 2.17. The molecule has 1 amide bonds. The lowest BCUT2D eigenvalue weighted by Crippen LogP contribution is -2.13. The van der Waals surface area contributed by atoms with Crippen LogP contribution in [0.3, 0.4) is 0 Å². The topological polar surface area (TPSA) is 62.2 Å². The van der Waals surface area contributed by atoms with Gasteiger partial charge in [0.25, 0.3) is 5.91 Å². The van der Waals surface area contributed by atoms with Crippen molar-refractivity contribution < 1.29 is 9.90 Å². The number of nitrogens with one attached hydrogen (secondary N) is 1. The van der Waals surface area contributed by atoms with Gasteiger partial charge in [0.1, 0.15) is 18.1 Å². The van der Waals surface area contributed by atoms with Crippen molar-refractivity contribution in [2.45, 2.75) is 6.92 Å². The van der Waals surface area contributed by atoms with Crippen molar-refractivity contribution in [2.24, 2.45) is 0 Å². The zero-order chi connectivity index (χ0) is 15.2. The Bertz CT molecular complexity index is 733. The average molecular weight is 301 g/mol. The second-order valence-electron chi connectivity index (χ2n) is 4.29. The van der Waals surface area contributed by atoms with Gasteiger partial charge in [0.05, 0.1) is 0 Å². The minimum atomic E-state index is -0.269. The highest BCUT2D eigenvalue weighted by atomic mass is 35.5. The van der Waals surface area contributed by atoms with Crippen molar-refractivity contribution in [1.82, 2.24) is 4.98 Å². The van der Waals surface area contributed by atoms with Gasteiger partial charge in [0.2, 0.25) is 0 Å². The number of pyridine rings is 1. The molecule has 0 unspecified atom stereocenters. The Morgan fingerprint density at radius 1 is 1.38 bits per heavy atom. The molecular formula is C16H13ClN2O2. The molecule has 0 aliphatic heterocycles. The van der Waals surface area contributed by atoms with E-state index < -0.39 is 0 Å². The summed E-state index contributed by atoms with van der Waals surface area (Å²) in [5, 5.41) is 12.0. The number of carbonyl (C=O) groups excluding carboxylic acids is 1. The summed E-state index contributed by atoms with van der Waals surface area (Å²) in [6, 6.07) is 10.2. The number of rotatable bonds is 2. The molecule has 1 aromatic heterocycles. The Morgan fingerprint density at radius 3 is 2.90 bits per heavy atom. The van der Waals surface area contributed by atoms with Crippen LogP contribution in [0, 0.1) is 18.8 Å². The minimum Gasteiger partial charge on any atom is -0.384 e. The second kappa shape index (κ2) is 6.89. The molecule has 0 spiro atoms. The zero-order valence-electron chi connectivity index (χ0n) is 11.4. The van der Waals surface area contributed by atoms with Gasteiger partial charge in [-0.2, -0.15) is 0 Å². The van der Waals surface area contributed by atoms with E-state index in [1.165, 1.54) is 0 Å². The van der Waals surface area contributed by atoms with E-state index in [9.17, 15) is 4.79 Å². The van der Waals surface area contributed by atoms with Crippen molar-refractivity contribution in [2.75, 3.05) is 11.9 Å². The molecule has 0 fully saturated rings. The Balaban J connectivity index is 2.17. The molecule has 5 heteroatoms. The molecule has 1 heterocycles. The maximum Gasteiger partial charge on any atom is 0.256 e. The fraction of sp³-hybridized carbons (Fsp3) is 0.125. The Morgan fingerprint density at radius 2 is 2.19 bits per heavy atom. The summed E-state index contributed by atoms with van der Waals surface area (Å²) in [7, 11) is 0. The first-order chi connectivity index (χ1) is 10.1. The van der Waals surface area contributed by atoms with E-state index >= 15 is 0 Å². The van der Waals surface area contributed by atoms with Crippen LogP contribution in [0.4, 0.5) is 5.82 Å². The summed E-state index contributed by atoms with van der Waals surface area (Å²) >= 11 is 5.94. The van der Waals surface area contributed by atoms with Crippen molar-refractivity contribution in [3.8, 4) is 11.8 Å². The van der Waals surface area contributed by atoms with Crippen molar-refractivity contribution in [3.05, 3.63) is 58.2 Å². The van der Waals surface area contributed by atoms with Gasteiger partial charge in [-0.25, -0.2) is 4.98 Å². The number of benzene rings is 1. The van der Waals surface area contributed by atoms with E-state index in [1.807, 2.05) is 6.92 Å². The third kappa shape index (κ3) is 4.06. The summed E-state index contributed by atoms with van der Waals surface area (Å²) in [5.74, 6) is 5.32. The Hall–Kier alpha value is -2.35. The first-order valence-corrected chi connectivity index (χ1v) is 6.62. The number of aliphatic hydroxyl groups excluding tert-OH is 1. The SMILES string of the molecule is Cc1cc(C(=O)Nc2cccc(C#CCO)n2)ccc1Cl. The van der Waals surface area contributed by atoms with Crippen LogP contribution in [0.25, 0.3) is 0 Å². The molecular weight excluding hydrogens is 288 g/mol. The van der Waals surface area contributed by atoms with Crippen LogP contribution in [0.2, 0.25) is 5.02 Å². The zero-order valence-corrected chi connectivity index (χ0v) is 12.1. The van der Waals surface area contributed by atoms with Crippen LogP contribution >= 0.6 is 11.6 Å². The van der Waals surface area contributed by atoms with Crippen LogP contribution in [-0.2, 0) is 0 Å². The van der Waals surface area contributed by atoms with Gasteiger partial charge in [-0.3, -0.25) is 4.79 Å². The highest BCUT2D eigenvalue weighted by Gasteiger charge is 2.08. The van der Waals surface area contributed by atoms with Crippen molar-refractivity contribution in [1.29, 1.82) is 0 Å². The number of hydrogen-bond donors (Lipinski definition) is 2. The number of aliphatic hydroxyl groups is 1. The third-order valence-corrected chi connectivity index (χ3v) is 3.13. The number of hydrogen-bond acceptors (Lipinski definition) is 3. The number of nitrogens with zero attached hydrogens (tertiary/aromatic N) is 1. The molecule has 0 atom stereocenters. The van der Waals surface area contributed by atoms with E-state index in [1.54, 1.807) is 36.4 Å². The molecule has 21 heavy (non-hydrogen) atoms. The van der Waals surface area contributed by atoms with Crippen LogP contribution in [0.5, 0.6) is 0 Å². The summed E-state index contributed by atoms with van der Waals surface area (Å²) < 4.78 is 0. The van der Waals surface area contributed by atoms with Crippen molar-refractivity contribution >= 4 is 23.3 Å². The molecule has 1 aromatic carbocycles. The number of carbonyl (C=O) groups is 1. The summed E-state index contributed by atoms with van der Waals surface area (Å²) in [6.07, 6.45) is 0. The smallest absolute Gasteiger partial charge is 0.256 e. The van der Waals surface area contributed by atoms with Crippen LogP contribution in [0.1, 0.15) is 21.6 Å². The maximum atomic E-state index is 12.1. The molecule has 0 saturated carbocycles. The van der Waals surface area contributed by atoms with Crippen LogP contribution in [-0.4, -0.2) is 22.6 Å². The molecule has 2 aromatic rings. The first-order valence-electron chi connectivity index (χ1n) is 6.24. The number of anilines is 1. The minimum absolute atomic E-state index is 0.234. The quantitative estimate of drug-likeness (QED) is 0.838. The second-order valence-corrected chi connectivity index (χ2v) is 4.69. The Labute approximate surface area is 127 Å². The number of aryl methyl sites for hydroxylation is 1. The molecule has 2 rings (SSSR count). The first kappa shape index (κ1) is 15.0. The van der Waals surface area contributed by atoms with Crippen LogP contribution < -0.4 is 5.32 Å². The van der Waals surface area contributed by atoms with Crippen LogP contribution in [0.15, 0.2) is 36.4 Å². The lowest BCUT2D eigenvalue weighted by Gasteiger charge is -2.06.